The highest BCUT2D eigenvalue weighted by atomic mass is 32.2. The van der Waals surface area contributed by atoms with E-state index in [4.69, 9.17) is 9.47 Å². The molecule has 1 atom stereocenters. The van der Waals surface area contributed by atoms with Crippen LogP contribution in [0.1, 0.15) is 98.7 Å². The maximum atomic E-state index is 14.0. The Morgan fingerprint density at radius 2 is 1.74 bits per heavy atom. The monoisotopic (exact) mass is 916 g/mol. The summed E-state index contributed by atoms with van der Waals surface area (Å²) in [7, 11) is -4.55. The second-order valence-electron chi connectivity index (χ2n) is 19.5. The third-order valence-corrected chi connectivity index (χ3v) is 16.3. The van der Waals surface area contributed by atoms with Crippen molar-refractivity contribution in [1.29, 1.82) is 0 Å². The van der Waals surface area contributed by atoms with Gasteiger partial charge in [-0.25, -0.2) is 18.1 Å². The van der Waals surface area contributed by atoms with Gasteiger partial charge in [-0.05, 0) is 130 Å². The van der Waals surface area contributed by atoms with Crippen LogP contribution in [0.4, 0.5) is 17.1 Å². The molecule has 1 amide bonds. The molecular weight excluding hydrogens is 857 g/mol. The minimum absolute atomic E-state index is 0.00793. The number of pyridine rings is 1. The smallest absolute Gasteiger partial charge is 0.293 e. The number of fused-ring (bicyclic) bond motifs is 1. The fraction of sp³-hybridized carbons (Fsp3) is 0.480. The third-order valence-electron chi connectivity index (χ3n) is 15.0. The van der Waals surface area contributed by atoms with Crippen LogP contribution in [-0.4, -0.2) is 104 Å². The van der Waals surface area contributed by atoms with Crippen LogP contribution in [0.5, 0.6) is 11.5 Å². The normalized spacial score (nSPS) is 21.0. The molecule has 2 aliphatic carbocycles. The molecule has 5 fully saturated rings. The van der Waals surface area contributed by atoms with Gasteiger partial charge in [-0.3, -0.25) is 24.7 Å². The number of nitrogens with one attached hydrogen (secondary N) is 3. The molecule has 1 spiro atoms. The molecule has 2 saturated carbocycles. The van der Waals surface area contributed by atoms with E-state index in [1.54, 1.807) is 36.2 Å². The van der Waals surface area contributed by atoms with Crippen LogP contribution in [-0.2, 0) is 14.8 Å². The number of nitrogens with zero attached hydrogens (tertiary/aromatic N) is 5. The van der Waals surface area contributed by atoms with Gasteiger partial charge in [0.05, 0.1) is 21.6 Å². The maximum absolute atomic E-state index is 14.0. The van der Waals surface area contributed by atoms with E-state index >= 15 is 0 Å². The molecule has 3 aliphatic heterocycles. The second kappa shape index (κ2) is 18.3. The Balaban J connectivity index is 0.844. The lowest BCUT2D eigenvalue weighted by atomic mass is 9.59. The Morgan fingerprint density at radius 3 is 2.48 bits per heavy atom. The molecule has 0 radical (unpaired) electrons. The summed E-state index contributed by atoms with van der Waals surface area (Å²) >= 11 is 0. The number of hydrogen-bond donors (Lipinski definition) is 3. The molecule has 0 bridgehead atoms. The van der Waals surface area contributed by atoms with Gasteiger partial charge in [0.15, 0.2) is 0 Å². The Kier molecular flexibility index (Phi) is 12.3. The van der Waals surface area contributed by atoms with Gasteiger partial charge in [0.25, 0.3) is 21.6 Å². The van der Waals surface area contributed by atoms with Crippen LogP contribution < -0.4 is 19.7 Å². The number of hydrogen-bond acceptors (Lipinski definition) is 12. The first-order chi connectivity index (χ1) is 31.9. The van der Waals surface area contributed by atoms with E-state index in [1.807, 2.05) is 12.1 Å². The number of amides is 1. The summed E-state index contributed by atoms with van der Waals surface area (Å²) in [5.74, 6) is 0.600. The van der Waals surface area contributed by atoms with Gasteiger partial charge < -0.3 is 24.7 Å². The summed E-state index contributed by atoms with van der Waals surface area (Å²) in [6, 6.07) is 23.2. The van der Waals surface area contributed by atoms with Crippen molar-refractivity contribution >= 4 is 44.0 Å². The van der Waals surface area contributed by atoms with Gasteiger partial charge in [-0.15, -0.1) is 0 Å². The number of sulfonamides is 1. The average Bonchev–Trinajstić information content (AvgIpc) is 4.06. The number of piperazine rings is 1. The zero-order valence-corrected chi connectivity index (χ0v) is 38.6. The van der Waals surface area contributed by atoms with Crippen LogP contribution in [0.3, 0.4) is 0 Å². The summed E-state index contributed by atoms with van der Waals surface area (Å²) in [5.41, 5.74) is 4.72. The lowest BCUT2D eigenvalue weighted by Crippen LogP contribution is -2.60. The Labute approximate surface area is 386 Å². The highest BCUT2D eigenvalue weighted by molar-refractivity contribution is 7.90. The molecule has 5 aliphatic rings. The van der Waals surface area contributed by atoms with Gasteiger partial charge in [0, 0.05) is 100 Å². The zero-order chi connectivity index (χ0) is 45.6. The predicted molar refractivity (Wildman–Crippen MR) is 254 cm³/mol. The molecule has 66 heavy (non-hydrogen) atoms. The first-order valence-corrected chi connectivity index (χ1v) is 25.2. The third kappa shape index (κ3) is 9.25. The molecule has 1 unspecified atom stereocenters. The summed E-state index contributed by atoms with van der Waals surface area (Å²) in [4.78, 5) is 40.5. The number of benzene rings is 3. The van der Waals surface area contributed by atoms with E-state index in [1.165, 1.54) is 43.4 Å². The summed E-state index contributed by atoms with van der Waals surface area (Å²) in [5, 5.41) is 16.1. The minimum atomic E-state index is -4.55. The van der Waals surface area contributed by atoms with Crippen molar-refractivity contribution in [2.24, 2.45) is 11.3 Å². The summed E-state index contributed by atoms with van der Waals surface area (Å²) in [6.45, 7) is 11.3. The SMILES string of the molecule is CC(C)N1CCN(C2CC3(CCN(c4ccc(C(=O)NS(=O)(=O)c5ccc(NCC6CCOCC6)c([N+](=O)[O-])c5)c(Oc5cnc6[nH]ccc6c5)c4)CC3)C2)C(c2ccccc2C2CC2)C1. The second-order valence-corrected chi connectivity index (χ2v) is 21.2. The van der Waals surface area contributed by atoms with E-state index in [9.17, 15) is 23.3 Å². The molecule has 2 aromatic heterocycles. The summed E-state index contributed by atoms with van der Waals surface area (Å²) < 4.78 is 41.4. The summed E-state index contributed by atoms with van der Waals surface area (Å²) in [6.07, 6.45) is 12.1. The number of rotatable bonds is 14. The maximum Gasteiger partial charge on any atom is 0.293 e. The Morgan fingerprint density at radius 1 is 0.970 bits per heavy atom. The van der Waals surface area contributed by atoms with Crippen molar-refractivity contribution in [2.75, 3.05) is 62.7 Å². The van der Waals surface area contributed by atoms with Crippen molar-refractivity contribution in [3.05, 3.63) is 112 Å². The molecular formula is C50H60N8O7S. The van der Waals surface area contributed by atoms with Gasteiger partial charge in [0.1, 0.15) is 22.8 Å². The number of carbonyl (C=O) groups is 1. The van der Waals surface area contributed by atoms with Crippen LogP contribution in [0.25, 0.3) is 11.0 Å². The minimum Gasteiger partial charge on any atom is -0.455 e. The number of nitro groups is 1. The number of carbonyl (C=O) groups excluding carboxylic acids is 1. The number of aromatic nitrogens is 2. The van der Waals surface area contributed by atoms with E-state index < -0.39 is 31.4 Å². The van der Waals surface area contributed by atoms with Crippen LogP contribution in [0.15, 0.2) is 90.1 Å². The van der Waals surface area contributed by atoms with Crippen LogP contribution in [0, 0.1) is 21.4 Å². The van der Waals surface area contributed by atoms with Crippen molar-refractivity contribution in [3.63, 3.8) is 0 Å². The number of piperidine rings is 1. The van der Waals surface area contributed by atoms with Gasteiger partial charge in [0.2, 0.25) is 0 Å². The number of H-pyrrole nitrogens is 1. The first kappa shape index (κ1) is 44.3. The molecule has 10 rings (SSSR count). The van der Waals surface area contributed by atoms with Crippen LogP contribution in [0.2, 0.25) is 0 Å². The fourth-order valence-electron chi connectivity index (χ4n) is 10.9. The molecule has 3 saturated heterocycles. The van der Waals surface area contributed by atoms with Gasteiger partial charge in [-0.1, -0.05) is 24.3 Å². The highest BCUT2D eigenvalue weighted by Gasteiger charge is 2.50. The quantitative estimate of drug-likeness (QED) is 0.0716. The zero-order valence-electron chi connectivity index (χ0n) is 37.8. The molecule has 16 heteroatoms. The average molecular weight is 917 g/mol. The van der Waals surface area contributed by atoms with E-state index in [0.717, 1.165) is 75.5 Å². The lowest BCUT2D eigenvalue weighted by molar-refractivity contribution is -0.384. The molecule has 15 nitrogen and oxygen atoms in total. The molecule has 5 heterocycles. The predicted octanol–water partition coefficient (Wildman–Crippen LogP) is 8.61. The Bertz CT molecular complexity index is 2700. The number of ether oxygens (including phenoxy) is 2. The molecule has 5 aromatic rings. The van der Waals surface area contributed by atoms with Crippen molar-refractivity contribution in [3.8, 4) is 11.5 Å². The van der Waals surface area contributed by atoms with E-state index in [0.29, 0.717) is 55.2 Å². The standard InChI is InChI=1S/C50H60N8O7S/c1-33(2)56-21-22-57(46(32-56)42-6-4-3-5-41(42)35-7-8-35)38-28-50(29-38)16-19-55(20-17-50)37-9-11-43(47(26-37)65-39-25-36-13-18-51-48(36)53-31-39)49(59)54-66(62,63)40-10-12-44(45(27-40)58(60)61)52-30-34-14-23-64-24-15-34/h3-6,9-13,18,25-27,31,33-35,38,46,52H,7-8,14-17,19-24,28-30,32H2,1-2H3,(H,51,53)(H,54,59). The van der Waals surface area contributed by atoms with Gasteiger partial charge in [-0.2, -0.15) is 0 Å². The highest BCUT2D eigenvalue weighted by Crippen LogP contribution is 2.54. The number of aromatic amines is 1. The Hall–Kier alpha value is -5.55. The largest absolute Gasteiger partial charge is 0.455 e. The molecule has 3 aromatic carbocycles. The topological polar surface area (TPSA) is 175 Å². The number of nitro benzene ring substituents is 1. The van der Waals surface area contributed by atoms with Crippen LogP contribution >= 0.6 is 0 Å². The van der Waals surface area contributed by atoms with E-state index in [-0.39, 0.29) is 28.3 Å². The van der Waals surface area contributed by atoms with E-state index in [2.05, 4.69) is 72.8 Å². The first-order valence-electron chi connectivity index (χ1n) is 23.7. The fourth-order valence-corrected chi connectivity index (χ4v) is 11.9. The molecule has 348 valence electrons. The molecule has 3 N–H and O–H groups in total. The van der Waals surface area contributed by atoms with Gasteiger partial charge >= 0.3 is 0 Å². The van der Waals surface area contributed by atoms with Crippen molar-refractivity contribution in [1.82, 2.24) is 24.5 Å². The number of anilines is 2. The van der Waals surface area contributed by atoms with Crippen molar-refractivity contribution < 1.29 is 27.6 Å². The lowest BCUT2D eigenvalue weighted by Gasteiger charge is -2.58. The van der Waals surface area contributed by atoms with Crippen molar-refractivity contribution in [2.45, 2.75) is 94.2 Å².